The molecule has 3 aromatic rings. The van der Waals surface area contributed by atoms with Crippen LogP contribution in [0.1, 0.15) is 39.9 Å². The van der Waals surface area contributed by atoms with Crippen LogP contribution in [0.2, 0.25) is 0 Å². The van der Waals surface area contributed by atoms with Crippen molar-refractivity contribution in [2.75, 3.05) is 6.61 Å². The van der Waals surface area contributed by atoms with E-state index < -0.39 is 0 Å². The van der Waals surface area contributed by atoms with Gasteiger partial charge >= 0.3 is 0 Å². The molecule has 2 aromatic carbocycles. The Labute approximate surface area is 185 Å². The number of nitrogens with one attached hydrogen (secondary N) is 1. The number of aryl methyl sites for hydroxylation is 1. The van der Waals surface area contributed by atoms with Gasteiger partial charge in [-0.3, -0.25) is 10.0 Å². The molecule has 32 heavy (non-hydrogen) atoms. The molecular formula is C25H26FN2O4+. The average molecular weight is 437 g/mol. The number of pyridine rings is 1. The number of benzene rings is 2. The summed E-state index contributed by atoms with van der Waals surface area (Å²) >= 11 is 0. The van der Waals surface area contributed by atoms with E-state index in [4.69, 9.17) is 4.74 Å². The van der Waals surface area contributed by atoms with Crippen molar-refractivity contribution in [2.45, 2.75) is 32.9 Å². The van der Waals surface area contributed by atoms with E-state index >= 15 is 0 Å². The van der Waals surface area contributed by atoms with Crippen LogP contribution in [0.25, 0.3) is 11.1 Å². The van der Waals surface area contributed by atoms with Crippen molar-refractivity contribution in [2.24, 2.45) is 5.92 Å². The van der Waals surface area contributed by atoms with Gasteiger partial charge in [0, 0.05) is 17.3 Å². The van der Waals surface area contributed by atoms with Gasteiger partial charge in [-0.05, 0) is 66.1 Å². The van der Waals surface area contributed by atoms with Gasteiger partial charge in [-0.15, -0.1) is 0 Å². The summed E-state index contributed by atoms with van der Waals surface area (Å²) in [4.78, 5) is 13.1. The highest BCUT2D eigenvalue weighted by molar-refractivity contribution is 5.98. The fourth-order valence-corrected chi connectivity index (χ4v) is 3.43. The molecule has 0 saturated heterocycles. The molecule has 1 fully saturated rings. The second-order valence-electron chi connectivity index (χ2n) is 8.15. The normalized spacial score (nSPS) is 13.1. The molecule has 166 valence electrons. The van der Waals surface area contributed by atoms with Crippen LogP contribution < -0.4 is 14.8 Å². The second kappa shape index (κ2) is 9.36. The third-order valence-electron chi connectivity index (χ3n) is 5.60. The molecule has 4 rings (SSSR count). The first-order valence-corrected chi connectivity index (χ1v) is 10.6. The summed E-state index contributed by atoms with van der Waals surface area (Å²) in [5, 5.41) is 22.3. The smallest absolute Gasteiger partial charge is 0.255 e. The SMILES string of the molecule is Cc1ccc(CNC(=O)c2cc(-c3c[n+](O)ccc3CO)ccc2OCC2CC2)cc1F. The molecule has 6 nitrogen and oxygen atoms in total. The molecule has 0 atom stereocenters. The van der Waals surface area contributed by atoms with Crippen LogP contribution in [-0.4, -0.2) is 22.8 Å². The number of halogens is 1. The van der Waals surface area contributed by atoms with Crippen LogP contribution in [-0.2, 0) is 13.2 Å². The maximum atomic E-state index is 13.8. The lowest BCUT2D eigenvalue weighted by Gasteiger charge is -2.14. The monoisotopic (exact) mass is 437 g/mol. The standard InChI is InChI=1S/C25H25FN2O4/c1-16-2-3-18(10-23(16)26)12-27-25(30)21-11-19(6-7-24(21)32-15-17-4-5-17)22-13-28(31)9-8-20(22)14-29/h2-3,6-11,13,17,29H,4-5,12,14-15H2,1H3,(H-,27,30,31)/p+1. The van der Waals surface area contributed by atoms with Gasteiger partial charge in [0.05, 0.1) is 24.3 Å². The average Bonchev–Trinajstić information content (AvgIpc) is 3.62. The highest BCUT2D eigenvalue weighted by Gasteiger charge is 2.24. The molecule has 1 amide bonds. The summed E-state index contributed by atoms with van der Waals surface area (Å²) in [7, 11) is 0. The van der Waals surface area contributed by atoms with E-state index in [2.05, 4.69) is 5.32 Å². The predicted octanol–water partition coefficient (Wildman–Crippen LogP) is 3.54. The Morgan fingerprint density at radius 2 is 2.03 bits per heavy atom. The summed E-state index contributed by atoms with van der Waals surface area (Å²) in [6, 6.07) is 11.7. The van der Waals surface area contributed by atoms with Crippen molar-refractivity contribution in [3.63, 3.8) is 0 Å². The van der Waals surface area contributed by atoms with E-state index in [1.54, 1.807) is 43.3 Å². The fraction of sp³-hybridized carbons (Fsp3) is 0.280. The first-order valence-electron chi connectivity index (χ1n) is 10.6. The van der Waals surface area contributed by atoms with Gasteiger partial charge in [0.2, 0.25) is 12.4 Å². The summed E-state index contributed by atoms with van der Waals surface area (Å²) in [6.07, 6.45) is 5.15. The number of aliphatic hydroxyl groups excluding tert-OH is 1. The van der Waals surface area contributed by atoms with Gasteiger partial charge < -0.3 is 15.2 Å². The van der Waals surface area contributed by atoms with Crippen LogP contribution in [0.3, 0.4) is 0 Å². The molecule has 1 saturated carbocycles. The first-order chi connectivity index (χ1) is 15.4. The highest BCUT2D eigenvalue weighted by atomic mass is 19.1. The molecule has 3 N–H and O–H groups in total. The lowest BCUT2D eigenvalue weighted by atomic mass is 9.99. The molecule has 0 bridgehead atoms. The number of hydrogen-bond donors (Lipinski definition) is 3. The molecular weight excluding hydrogens is 411 g/mol. The zero-order valence-electron chi connectivity index (χ0n) is 17.8. The van der Waals surface area contributed by atoms with E-state index in [0.29, 0.717) is 51.7 Å². The molecule has 1 aliphatic rings. The third kappa shape index (κ3) is 5.06. The number of hydrogen-bond acceptors (Lipinski definition) is 4. The van der Waals surface area contributed by atoms with Crippen LogP contribution in [0, 0.1) is 18.7 Å². The van der Waals surface area contributed by atoms with Crippen LogP contribution in [0.4, 0.5) is 4.39 Å². The lowest BCUT2D eigenvalue weighted by Crippen LogP contribution is -2.29. The van der Waals surface area contributed by atoms with Crippen molar-refractivity contribution in [3.8, 4) is 16.9 Å². The predicted molar refractivity (Wildman–Crippen MR) is 116 cm³/mol. The molecule has 0 radical (unpaired) electrons. The minimum atomic E-state index is -0.350. The van der Waals surface area contributed by atoms with Gasteiger partial charge in [0.25, 0.3) is 5.91 Å². The molecule has 1 aromatic heterocycles. The van der Waals surface area contributed by atoms with Gasteiger partial charge in [-0.2, -0.15) is 0 Å². The van der Waals surface area contributed by atoms with Crippen LogP contribution >= 0.6 is 0 Å². The highest BCUT2D eigenvalue weighted by Crippen LogP contribution is 2.32. The maximum Gasteiger partial charge on any atom is 0.255 e. The van der Waals surface area contributed by atoms with Gasteiger partial charge in [0.15, 0.2) is 0 Å². The zero-order valence-corrected chi connectivity index (χ0v) is 17.8. The number of rotatable bonds is 8. The third-order valence-corrected chi connectivity index (χ3v) is 5.60. The molecule has 7 heteroatoms. The topological polar surface area (TPSA) is 82.7 Å². The van der Waals surface area contributed by atoms with Crippen molar-refractivity contribution in [1.29, 1.82) is 0 Å². The van der Waals surface area contributed by atoms with Crippen LogP contribution in [0.5, 0.6) is 5.75 Å². The number of carbonyl (C=O) groups is 1. The van der Waals surface area contributed by atoms with Crippen molar-refractivity contribution >= 4 is 5.91 Å². The summed E-state index contributed by atoms with van der Waals surface area (Å²) in [5.41, 5.74) is 3.41. The Balaban J connectivity index is 1.62. The number of ether oxygens (including phenoxy) is 1. The molecule has 0 spiro atoms. The maximum absolute atomic E-state index is 13.8. The second-order valence-corrected chi connectivity index (χ2v) is 8.15. The molecule has 0 unspecified atom stereocenters. The Bertz CT molecular complexity index is 1140. The summed E-state index contributed by atoms with van der Waals surface area (Å²) in [6.45, 7) is 2.20. The Morgan fingerprint density at radius 3 is 2.75 bits per heavy atom. The Hall–Kier alpha value is -3.45. The van der Waals surface area contributed by atoms with E-state index in [-0.39, 0.29) is 24.9 Å². The summed E-state index contributed by atoms with van der Waals surface area (Å²) < 4.78 is 20.7. The lowest BCUT2D eigenvalue weighted by molar-refractivity contribution is -0.904. The van der Waals surface area contributed by atoms with Crippen LogP contribution in [0.15, 0.2) is 54.9 Å². The van der Waals surface area contributed by atoms with E-state index in [1.165, 1.54) is 18.5 Å². The number of aromatic nitrogens is 1. The molecule has 1 heterocycles. The summed E-state index contributed by atoms with van der Waals surface area (Å²) in [5.74, 6) is 0.318. The van der Waals surface area contributed by atoms with Crippen molar-refractivity contribution in [1.82, 2.24) is 5.32 Å². The zero-order chi connectivity index (χ0) is 22.7. The number of amides is 1. The number of nitrogens with zero attached hydrogens (tertiary/aromatic N) is 1. The quantitative estimate of drug-likeness (QED) is 0.372. The minimum Gasteiger partial charge on any atom is -0.492 e. The first kappa shape index (κ1) is 21.8. The van der Waals surface area contributed by atoms with Gasteiger partial charge in [-0.25, -0.2) is 4.39 Å². The largest absolute Gasteiger partial charge is 0.492 e. The van der Waals surface area contributed by atoms with E-state index in [9.17, 15) is 19.5 Å². The van der Waals surface area contributed by atoms with Crippen molar-refractivity contribution in [3.05, 3.63) is 82.9 Å². The minimum absolute atomic E-state index is 0.173. The van der Waals surface area contributed by atoms with Gasteiger partial charge in [0.1, 0.15) is 11.6 Å². The van der Waals surface area contributed by atoms with Gasteiger partial charge in [-0.1, -0.05) is 18.2 Å². The van der Waals surface area contributed by atoms with E-state index in [0.717, 1.165) is 17.6 Å². The molecule has 0 aliphatic heterocycles. The molecule has 1 aliphatic carbocycles. The van der Waals surface area contributed by atoms with E-state index in [1.807, 2.05) is 0 Å². The Kier molecular flexibility index (Phi) is 6.37. The fourth-order valence-electron chi connectivity index (χ4n) is 3.43. The Morgan fingerprint density at radius 1 is 1.22 bits per heavy atom. The number of carbonyl (C=O) groups excluding carboxylic acids is 1. The number of aliphatic hydroxyl groups is 1. The van der Waals surface area contributed by atoms with Crippen molar-refractivity contribution < 1.29 is 29.0 Å².